The van der Waals surface area contributed by atoms with Crippen molar-refractivity contribution in [1.82, 2.24) is 0 Å². The summed E-state index contributed by atoms with van der Waals surface area (Å²) in [5.74, 6) is 0. The summed E-state index contributed by atoms with van der Waals surface area (Å²) >= 11 is 0. The van der Waals surface area contributed by atoms with E-state index in [1.54, 1.807) is 0 Å². The summed E-state index contributed by atoms with van der Waals surface area (Å²) in [6.07, 6.45) is 2.21. The summed E-state index contributed by atoms with van der Waals surface area (Å²) in [5.41, 5.74) is 1.43. The van der Waals surface area contributed by atoms with E-state index in [-0.39, 0.29) is 0 Å². The van der Waals surface area contributed by atoms with Gasteiger partial charge in [-0.2, -0.15) is 0 Å². The Morgan fingerprint density at radius 3 is 2.35 bits per heavy atom. The molecule has 0 bridgehead atoms. The first kappa shape index (κ1) is 18.4. The number of fused-ring (bicyclic) bond motifs is 1. The van der Waals surface area contributed by atoms with Crippen LogP contribution in [0.5, 0.6) is 0 Å². The highest BCUT2D eigenvalue weighted by atomic mass is 28.4. The van der Waals surface area contributed by atoms with Crippen LogP contribution in [-0.4, -0.2) is 24.0 Å². The van der Waals surface area contributed by atoms with Gasteiger partial charge in [-0.15, -0.1) is 0 Å². The van der Waals surface area contributed by atoms with Crippen LogP contribution >= 0.6 is 0 Å². The van der Waals surface area contributed by atoms with E-state index in [2.05, 4.69) is 69.0 Å². The van der Waals surface area contributed by atoms with E-state index in [1.165, 1.54) is 16.3 Å². The zero-order valence-electron chi connectivity index (χ0n) is 15.2. The Bertz CT molecular complexity index is 637. The molecule has 0 N–H and O–H groups in total. The van der Waals surface area contributed by atoms with Gasteiger partial charge in [-0.25, -0.2) is 0 Å². The second kappa shape index (κ2) is 7.75. The maximum atomic E-state index is 6.50. The predicted molar refractivity (Wildman–Crippen MR) is 105 cm³/mol. The van der Waals surface area contributed by atoms with Gasteiger partial charge in [-0.3, -0.25) is 0 Å². The number of benzene rings is 2. The Kier molecular flexibility index (Phi) is 6.20. The predicted octanol–water partition coefficient (Wildman–Crippen LogP) is 5.73. The average Bonchev–Trinajstić information content (AvgIpc) is 2.55. The van der Waals surface area contributed by atoms with E-state index >= 15 is 0 Å². The Labute approximate surface area is 143 Å². The van der Waals surface area contributed by atoms with E-state index in [0.29, 0.717) is 0 Å². The second-order valence-electron chi connectivity index (χ2n) is 7.05. The zero-order valence-corrected chi connectivity index (χ0v) is 17.2. The molecular weight excluding hydrogens is 316 g/mol. The number of rotatable bonds is 8. The topological polar surface area (TPSA) is 18.5 Å². The van der Waals surface area contributed by atoms with Gasteiger partial charge < -0.3 is 8.54 Å². The minimum absolute atomic E-state index is 1.06. The van der Waals surface area contributed by atoms with Gasteiger partial charge in [0.2, 0.25) is 0 Å². The van der Waals surface area contributed by atoms with Crippen LogP contribution in [0.25, 0.3) is 10.8 Å². The van der Waals surface area contributed by atoms with E-state index in [9.17, 15) is 0 Å². The SMILES string of the molecule is CC[Si](C)(C)O[Si](C)(CCCc1cccc2ccccc12)OC. The lowest BCUT2D eigenvalue weighted by Crippen LogP contribution is -2.47. The largest absolute Gasteiger partial charge is 0.436 e. The quantitative estimate of drug-likeness (QED) is 0.568. The van der Waals surface area contributed by atoms with Crippen molar-refractivity contribution in [2.24, 2.45) is 0 Å². The molecule has 2 aromatic carbocycles. The lowest BCUT2D eigenvalue weighted by Gasteiger charge is -2.34. The molecule has 0 spiro atoms. The summed E-state index contributed by atoms with van der Waals surface area (Å²) in [4.78, 5) is 0. The van der Waals surface area contributed by atoms with Crippen molar-refractivity contribution >= 4 is 27.7 Å². The Morgan fingerprint density at radius 1 is 0.957 bits per heavy atom. The van der Waals surface area contributed by atoms with Crippen molar-refractivity contribution in [1.29, 1.82) is 0 Å². The van der Waals surface area contributed by atoms with Gasteiger partial charge in [0.25, 0.3) is 0 Å². The third kappa shape index (κ3) is 5.01. The van der Waals surface area contributed by atoms with Gasteiger partial charge in [0, 0.05) is 7.11 Å². The first-order chi connectivity index (χ1) is 10.9. The van der Waals surface area contributed by atoms with Crippen molar-refractivity contribution in [3.05, 3.63) is 48.0 Å². The van der Waals surface area contributed by atoms with Crippen molar-refractivity contribution in [2.75, 3.05) is 7.11 Å². The van der Waals surface area contributed by atoms with E-state index in [0.717, 1.165) is 24.9 Å². The molecule has 0 heterocycles. The standard InChI is InChI=1S/C19H30O2Si2/c1-6-22(3,4)21-23(5,20-2)16-10-14-18-13-9-12-17-11-7-8-15-19(17)18/h7-9,11-13,15H,6,10,14,16H2,1-5H3. The molecule has 0 aliphatic heterocycles. The molecule has 23 heavy (non-hydrogen) atoms. The molecule has 0 amide bonds. The molecule has 2 aromatic rings. The molecule has 2 nitrogen and oxygen atoms in total. The van der Waals surface area contributed by atoms with Gasteiger partial charge >= 0.3 is 8.56 Å². The molecule has 1 unspecified atom stereocenters. The smallest absolute Gasteiger partial charge is 0.324 e. The summed E-state index contributed by atoms with van der Waals surface area (Å²) < 4.78 is 12.4. The van der Waals surface area contributed by atoms with Gasteiger partial charge in [0.05, 0.1) is 0 Å². The van der Waals surface area contributed by atoms with Gasteiger partial charge in [-0.05, 0) is 60.9 Å². The molecule has 126 valence electrons. The summed E-state index contributed by atoms with van der Waals surface area (Å²) in [6.45, 7) is 9.04. The molecule has 0 radical (unpaired) electrons. The van der Waals surface area contributed by atoms with Crippen molar-refractivity contribution in [2.45, 2.75) is 51.5 Å². The van der Waals surface area contributed by atoms with Crippen molar-refractivity contribution in [3.8, 4) is 0 Å². The summed E-state index contributed by atoms with van der Waals surface area (Å²) in [6, 6.07) is 17.4. The van der Waals surface area contributed by atoms with Crippen molar-refractivity contribution in [3.63, 3.8) is 0 Å². The zero-order chi connectivity index (χ0) is 16.9. The second-order valence-corrected chi connectivity index (χ2v) is 15.3. The molecule has 0 saturated heterocycles. The van der Waals surface area contributed by atoms with Gasteiger partial charge in [0.15, 0.2) is 8.32 Å². The molecule has 4 heteroatoms. The Balaban J connectivity index is 2.02. The molecule has 0 aliphatic carbocycles. The van der Waals surface area contributed by atoms with Crippen molar-refractivity contribution < 1.29 is 8.54 Å². The molecule has 1 atom stereocenters. The summed E-state index contributed by atoms with van der Waals surface area (Å²) in [7, 11) is -1.79. The van der Waals surface area contributed by atoms with Crippen LogP contribution in [-0.2, 0) is 15.0 Å². The molecule has 2 rings (SSSR count). The van der Waals surface area contributed by atoms with Crippen LogP contribution in [0.15, 0.2) is 42.5 Å². The monoisotopic (exact) mass is 346 g/mol. The maximum Gasteiger partial charge on any atom is 0.324 e. The van der Waals surface area contributed by atoms with Crippen LogP contribution in [0.3, 0.4) is 0 Å². The number of hydrogen-bond acceptors (Lipinski definition) is 2. The molecule has 0 aliphatic rings. The van der Waals surface area contributed by atoms with E-state index < -0.39 is 16.9 Å². The number of aryl methyl sites for hydroxylation is 1. The fraction of sp³-hybridized carbons (Fsp3) is 0.474. The van der Waals surface area contributed by atoms with E-state index in [1.807, 2.05) is 7.11 Å². The van der Waals surface area contributed by atoms with Gasteiger partial charge in [0.1, 0.15) is 0 Å². The van der Waals surface area contributed by atoms with Crippen LogP contribution < -0.4 is 0 Å². The highest BCUT2D eigenvalue weighted by molar-refractivity contribution is 6.82. The first-order valence-electron chi connectivity index (χ1n) is 8.61. The molecular formula is C19H30O2Si2. The highest BCUT2D eigenvalue weighted by Gasteiger charge is 2.36. The van der Waals surface area contributed by atoms with E-state index in [4.69, 9.17) is 8.54 Å². The Morgan fingerprint density at radius 2 is 1.65 bits per heavy atom. The minimum atomic E-state index is -2.04. The third-order valence-electron chi connectivity index (χ3n) is 4.73. The normalized spacial score (nSPS) is 14.8. The van der Waals surface area contributed by atoms with Crippen LogP contribution in [0.2, 0.25) is 31.7 Å². The first-order valence-corrected chi connectivity index (χ1v) is 14.2. The van der Waals surface area contributed by atoms with Crippen LogP contribution in [0.4, 0.5) is 0 Å². The fourth-order valence-corrected chi connectivity index (χ4v) is 9.98. The minimum Gasteiger partial charge on any atom is -0.436 e. The molecule has 0 fully saturated rings. The average molecular weight is 347 g/mol. The highest BCUT2D eigenvalue weighted by Crippen LogP contribution is 2.25. The summed E-state index contributed by atoms with van der Waals surface area (Å²) in [5, 5.41) is 2.70. The Hall–Kier alpha value is -0.946. The molecule has 0 saturated carbocycles. The number of hydrogen-bond donors (Lipinski definition) is 0. The van der Waals surface area contributed by atoms with Crippen LogP contribution in [0.1, 0.15) is 18.9 Å². The van der Waals surface area contributed by atoms with Crippen LogP contribution in [0, 0.1) is 0 Å². The maximum absolute atomic E-state index is 6.50. The fourth-order valence-electron chi connectivity index (χ4n) is 2.96. The third-order valence-corrected chi connectivity index (χ3v) is 12.5. The lowest BCUT2D eigenvalue weighted by molar-refractivity contribution is 0.300. The van der Waals surface area contributed by atoms with Gasteiger partial charge in [-0.1, -0.05) is 49.4 Å². The lowest BCUT2D eigenvalue weighted by atomic mass is 10.0. The molecule has 0 aromatic heterocycles.